The van der Waals surface area contributed by atoms with E-state index in [1.54, 1.807) is 16.6 Å². The predicted octanol–water partition coefficient (Wildman–Crippen LogP) is 3.39. The average molecular weight is 412 g/mol. The lowest BCUT2D eigenvalue weighted by Crippen LogP contribution is -2.29. The van der Waals surface area contributed by atoms with Crippen molar-refractivity contribution in [1.82, 2.24) is 25.1 Å². The molecule has 7 nitrogen and oxygen atoms in total. The first kappa shape index (κ1) is 18.8. The number of carbonyl (C=O) groups is 1. The highest BCUT2D eigenvalue weighted by Gasteiger charge is 2.15. The van der Waals surface area contributed by atoms with Crippen molar-refractivity contribution in [2.45, 2.75) is 0 Å². The Morgan fingerprint density at radius 2 is 1.90 bits per heavy atom. The average Bonchev–Trinajstić information content (AvgIpc) is 3.15. The van der Waals surface area contributed by atoms with Crippen LogP contribution in [0.5, 0.6) is 5.88 Å². The number of fused-ring (bicyclic) bond motifs is 1. The molecule has 29 heavy (non-hydrogen) atoms. The van der Waals surface area contributed by atoms with E-state index in [0.29, 0.717) is 17.4 Å². The maximum absolute atomic E-state index is 13.8. The molecule has 0 spiro atoms. The number of nitrogens with one attached hydrogen (secondary N) is 1. The van der Waals surface area contributed by atoms with Gasteiger partial charge in [-0.15, -0.1) is 15.3 Å². The number of aromatic nitrogens is 4. The summed E-state index contributed by atoms with van der Waals surface area (Å²) in [6, 6.07) is 17.0. The summed E-state index contributed by atoms with van der Waals surface area (Å²) in [6.07, 6.45) is 0. The summed E-state index contributed by atoms with van der Waals surface area (Å²) in [7, 11) is 0. The Morgan fingerprint density at radius 1 is 1.07 bits per heavy atom. The minimum atomic E-state index is -0.677. The van der Waals surface area contributed by atoms with E-state index in [9.17, 15) is 9.18 Å². The summed E-state index contributed by atoms with van der Waals surface area (Å²) in [5, 5.41) is 15.3. The van der Waals surface area contributed by atoms with Crippen LogP contribution in [0.3, 0.4) is 0 Å². The highest BCUT2D eigenvalue weighted by molar-refractivity contribution is 6.33. The van der Waals surface area contributed by atoms with E-state index < -0.39 is 11.7 Å². The fraction of sp³-hybridized carbons (Fsp3) is 0.100. The quantitative estimate of drug-likeness (QED) is 0.492. The van der Waals surface area contributed by atoms with Crippen molar-refractivity contribution in [3.63, 3.8) is 0 Å². The molecule has 0 bridgehead atoms. The molecule has 0 fully saturated rings. The zero-order valence-electron chi connectivity index (χ0n) is 15.0. The number of carbonyl (C=O) groups excluding carboxylic acids is 1. The number of hydrogen-bond acceptors (Lipinski definition) is 5. The Kier molecular flexibility index (Phi) is 5.35. The van der Waals surface area contributed by atoms with Crippen LogP contribution in [0.25, 0.3) is 17.0 Å². The van der Waals surface area contributed by atoms with Crippen LogP contribution in [0.15, 0.2) is 60.7 Å². The van der Waals surface area contributed by atoms with Crippen molar-refractivity contribution >= 4 is 23.2 Å². The molecule has 0 radical (unpaired) electrons. The Balaban J connectivity index is 1.41. The predicted molar refractivity (Wildman–Crippen MR) is 105 cm³/mol. The third kappa shape index (κ3) is 4.02. The molecule has 2 aromatic carbocycles. The van der Waals surface area contributed by atoms with Crippen molar-refractivity contribution in [2.75, 3.05) is 13.2 Å². The maximum atomic E-state index is 13.8. The number of halogens is 2. The smallest absolute Gasteiger partial charge is 0.255 e. The second kappa shape index (κ2) is 8.24. The van der Waals surface area contributed by atoms with Crippen LogP contribution in [0.4, 0.5) is 4.39 Å². The van der Waals surface area contributed by atoms with Gasteiger partial charge in [-0.2, -0.15) is 4.52 Å². The van der Waals surface area contributed by atoms with Crippen molar-refractivity contribution in [3.8, 4) is 17.3 Å². The molecule has 2 heterocycles. The second-order valence-electron chi connectivity index (χ2n) is 6.03. The Hall–Kier alpha value is -3.52. The third-order valence-electron chi connectivity index (χ3n) is 4.10. The van der Waals surface area contributed by atoms with Gasteiger partial charge in [-0.05, 0) is 18.2 Å². The SMILES string of the molecule is O=C(NCCOc1ccc2nnc(-c3ccccc3)n2n1)c1c(F)cccc1Cl. The van der Waals surface area contributed by atoms with Gasteiger partial charge in [-0.1, -0.05) is 48.0 Å². The summed E-state index contributed by atoms with van der Waals surface area (Å²) < 4.78 is 20.9. The van der Waals surface area contributed by atoms with Crippen LogP contribution in [0.2, 0.25) is 5.02 Å². The summed E-state index contributed by atoms with van der Waals surface area (Å²) in [5.41, 5.74) is 1.27. The van der Waals surface area contributed by atoms with E-state index in [-0.39, 0.29) is 23.7 Å². The van der Waals surface area contributed by atoms with Crippen LogP contribution in [0, 0.1) is 5.82 Å². The Bertz CT molecular complexity index is 1150. The van der Waals surface area contributed by atoms with Crippen molar-refractivity contribution in [2.24, 2.45) is 0 Å². The number of rotatable bonds is 6. The monoisotopic (exact) mass is 411 g/mol. The van der Waals surface area contributed by atoms with E-state index in [1.807, 2.05) is 30.3 Å². The van der Waals surface area contributed by atoms with Gasteiger partial charge in [0.2, 0.25) is 5.88 Å². The lowest BCUT2D eigenvalue weighted by molar-refractivity contribution is 0.0942. The largest absolute Gasteiger partial charge is 0.475 e. The van der Waals surface area contributed by atoms with Crippen molar-refractivity contribution in [3.05, 3.63) is 77.1 Å². The maximum Gasteiger partial charge on any atom is 0.255 e. The highest BCUT2D eigenvalue weighted by Crippen LogP contribution is 2.19. The van der Waals surface area contributed by atoms with E-state index in [1.165, 1.54) is 18.2 Å². The number of amides is 1. The lowest BCUT2D eigenvalue weighted by atomic mass is 10.2. The molecule has 146 valence electrons. The van der Waals surface area contributed by atoms with Gasteiger partial charge in [-0.3, -0.25) is 4.79 Å². The minimum Gasteiger partial charge on any atom is -0.475 e. The van der Waals surface area contributed by atoms with Crippen molar-refractivity contribution in [1.29, 1.82) is 0 Å². The zero-order valence-corrected chi connectivity index (χ0v) is 15.8. The number of benzene rings is 2. The van der Waals surface area contributed by atoms with Crippen LogP contribution in [-0.4, -0.2) is 38.9 Å². The molecule has 0 aliphatic carbocycles. The Labute approximate surface area is 170 Å². The summed E-state index contributed by atoms with van der Waals surface area (Å²) in [4.78, 5) is 12.1. The molecule has 0 unspecified atom stereocenters. The topological polar surface area (TPSA) is 81.4 Å². The molecule has 0 atom stereocenters. The third-order valence-corrected chi connectivity index (χ3v) is 4.41. The van der Waals surface area contributed by atoms with E-state index in [0.717, 1.165) is 5.56 Å². The first-order valence-electron chi connectivity index (χ1n) is 8.76. The van der Waals surface area contributed by atoms with Gasteiger partial charge in [0.15, 0.2) is 11.5 Å². The molecule has 1 amide bonds. The molecule has 0 aliphatic rings. The highest BCUT2D eigenvalue weighted by atomic mass is 35.5. The van der Waals surface area contributed by atoms with Gasteiger partial charge < -0.3 is 10.1 Å². The second-order valence-corrected chi connectivity index (χ2v) is 6.44. The van der Waals surface area contributed by atoms with Gasteiger partial charge in [0, 0.05) is 11.6 Å². The van der Waals surface area contributed by atoms with Gasteiger partial charge in [0.05, 0.1) is 17.1 Å². The molecule has 4 aromatic rings. The Morgan fingerprint density at radius 3 is 2.69 bits per heavy atom. The number of ether oxygens (including phenoxy) is 1. The molecular formula is C20H15ClFN5O2. The molecule has 0 saturated carbocycles. The number of nitrogens with zero attached hydrogens (tertiary/aromatic N) is 4. The summed E-state index contributed by atoms with van der Waals surface area (Å²) >= 11 is 5.89. The minimum absolute atomic E-state index is 0.0524. The fourth-order valence-corrected chi connectivity index (χ4v) is 2.99. The number of hydrogen-bond donors (Lipinski definition) is 1. The standard InChI is InChI=1S/C20H15ClFN5O2/c21-14-7-4-8-15(22)18(14)20(28)23-11-12-29-17-10-9-16-24-25-19(27(16)26-17)13-5-2-1-3-6-13/h1-10H,11-12H2,(H,23,28). The van der Waals surface area contributed by atoms with Crippen LogP contribution in [0.1, 0.15) is 10.4 Å². The van der Waals surface area contributed by atoms with Crippen LogP contribution < -0.4 is 10.1 Å². The van der Waals surface area contributed by atoms with Crippen LogP contribution in [-0.2, 0) is 0 Å². The fourth-order valence-electron chi connectivity index (χ4n) is 2.74. The molecular weight excluding hydrogens is 397 g/mol. The molecule has 0 saturated heterocycles. The molecule has 4 rings (SSSR count). The molecule has 0 aliphatic heterocycles. The summed E-state index contributed by atoms with van der Waals surface area (Å²) in [5.74, 6) is -0.351. The molecule has 9 heteroatoms. The van der Waals surface area contributed by atoms with Gasteiger partial charge >= 0.3 is 0 Å². The van der Waals surface area contributed by atoms with E-state index >= 15 is 0 Å². The van der Waals surface area contributed by atoms with Crippen LogP contribution >= 0.6 is 11.6 Å². The van der Waals surface area contributed by atoms with E-state index in [2.05, 4.69) is 20.6 Å². The van der Waals surface area contributed by atoms with Gasteiger partial charge in [0.1, 0.15) is 12.4 Å². The first-order chi connectivity index (χ1) is 14.1. The first-order valence-corrected chi connectivity index (χ1v) is 9.14. The van der Waals surface area contributed by atoms with Gasteiger partial charge in [0.25, 0.3) is 5.91 Å². The summed E-state index contributed by atoms with van der Waals surface area (Å²) in [6.45, 7) is 0.288. The van der Waals surface area contributed by atoms with Gasteiger partial charge in [-0.25, -0.2) is 4.39 Å². The normalized spacial score (nSPS) is 10.8. The van der Waals surface area contributed by atoms with E-state index in [4.69, 9.17) is 16.3 Å². The lowest BCUT2D eigenvalue weighted by Gasteiger charge is -2.09. The molecule has 1 N–H and O–H groups in total. The zero-order chi connectivity index (χ0) is 20.2. The molecule has 2 aromatic heterocycles. The van der Waals surface area contributed by atoms with Crippen molar-refractivity contribution < 1.29 is 13.9 Å².